The third-order valence-electron chi connectivity index (χ3n) is 6.83. The summed E-state index contributed by atoms with van der Waals surface area (Å²) in [6.45, 7) is 8.36. The van der Waals surface area contributed by atoms with Crippen LogP contribution in [0.5, 0.6) is 0 Å². The fourth-order valence-electron chi connectivity index (χ4n) is 4.71. The average Bonchev–Trinajstić information content (AvgIpc) is 3.29. The highest BCUT2D eigenvalue weighted by Gasteiger charge is 2.33. The van der Waals surface area contributed by atoms with Gasteiger partial charge in [0.1, 0.15) is 17.7 Å². The number of benzene rings is 1. The van der Waals surface area contributed by atoms with E-state index in [9.17, 15) is 29.1 Å². The van der Waals surface area contributed by atoms with Gasteiger partial charge in [0, 0.05) is 44.0 Å². The number of ether oxygens (including phenoxy) is 2. The number of nitrogens with zero attached hydrogens (tertiary/aromatic N) is 1. The number of anilines is 1. The average molecular weight is 561 g/mol. The fourth-order valence-corrected chi connectivity index (χ4v) is 4.71. The van der Waals surface area contributed by atoms with Gasteiger partial charge in [0.2, 0.25) is 11.8 Å². The Hall–Kier alpha value is -3.83. The summed E-state index contributed by atoms with van der Waals surface area (Å²) in [5.41, 5.74) is 0.707. The van der Waals surface area contributed by atoms with Crippen LogP contribution in [0.2, 0.25) is 0 Å². The lowest BCUT2D eigenvalue weighted by Crippen LogP contribution is -2.43. The summed E-state index contributed by atoms with van der Waals surface area (Å²) in [6.07, 6.45) is -0.101. The van der Waals surface area contributed by atoms with Crippen LogP contribution >= 0.6 is 0 Å². The van der Waals surface area contributed by atoms with Gasteiger partial charge in [-0.1, -0.05) is 25.1 Å². The van der Waals surface area contributed by atoms with Crippen LogP contribution in [0, 0.1) is 11.8 Å². The van der Waals surface area contributed by atoms with E-state index in [2.05, 4.69) is 16.0 Å². The molecule has 0 aliphatic carbocycles. The number of aliphatic carboxylic acids is 1. The van der Waals surface area contributed by atoms with E-state index in [0.717, 1.165) is 0 Å². The molecular formula is C28H40N4O8. The summed E-state index contributed by atoms with van der Waals surface area (Å²) in [6, 6.07) is 6.09. The van der Waals surface area contributed by atoms with Gasteiger partial charge < -0.3 is 30.5 Å². The van der Waals surface area contributed by atoms with Crippen molar-refractivity contribution in [2.45, 2.75) is 77.5 Å². The first-order valence-electron chi connectivity index (χ1n) is 13.7. The van der Waals surface area contributed by atoms with Crippen molar-refractivity contribution in [1.82, 2.24) is 16.0 Å². The lowest BCUT2D eigenvalue weighted by atomic mass is 9.98. The number of carbonyl (C=O) groups is 5. The Morgan fingerprint density at radius 3 is 2.55 bits per heavy atom. The van der Waals surface area contributed by atoms with Crippen LogP contribution in [0.15, 0.2) is 24.3 Å². The molecule has 0 aromatic heterocycles. The molecule has 2 aliphatic heterocycles. The summed E-state index contributed by atoms with van der Waals surface area (Å²) in [7, 11) is 0. The summed E-state index contributed by atoms with van der Waals surface area (Å²) in [5, 5.41) is 17.3. The van der Waals surface area contributed by atoms with Crippen LogP contribution in [-0.4, -0.2) is 66.4 Å². The third kappa shape index (κ3) is 8.85. The number of hydrogen-bond acceptors (Lipinski definition) is 7. The summed E-state index contributed by atoms with van der Waals surface area (Å²) < 4.78 is 11.2. The topological polar surface area (TPSA) is 163 Å². The molecule has 220 valence electrons. The number of hydrogen-bond donors (Lipinski definition) is 4. The monoisotopic (exact) mass is 560 g/mol. The van der Waals surface area contributed by atoms with E-state index in [-0.39, 0.29) is 31.2 Å². The van der Waals surface area contributed by atoms with E-state index >= 15 is 0 Å². The van der Waals surface area contributed by atoms with Crippen molar-refractivity contribution in [3.63, 3.8) is 0 Å². The molecule has 0 radical (unpaired) electrons. The number of nitrogens with one attached hydrogen (secondary N) is 3. The molecule has 1 aromatic carbocycles. The minimum atomic E-state index is -1.18. The van der Waals surface area contributed by atoms with Gasteiger partial charge in [0.05, 0.1) is 5.69 Å². The molecule has 1 fully saturated rings. The summed E-state index contributed by atoms with van der Waals surface area (Å²) >= 11 is 0. The van der Waals surface area contributed by atoms with Gasteiger partial charge in [-0.15, -0.1) is 0 Å². The van der Waals surface area contributed by atoms with Gasteiger partial charge in [-0.25, -0.2) is 14.4 Å². The Morgan fingerprint density at radius 1 is 1.18 bits per heavy atom. The van der Waals surface area contributed by atoms with Crippen LogP contribution in [0.25, 0.3) is 0 Å². The molecule has 0 bridgehead atoms. The highest BCUT2D eigenvalue weighted by atomic mass is 16.6. The SMILES string of the molecule is CC(CCC(=O)N[C@@H](C[C@@H]1CCNC1=O)C(=O)O)CNC(=O)OC1CCN(C(=O)OC(C)(C)C)c2ccccc21. The molecule has 0 saturated carbocycles. The van der Waals surface area contributed by atoms with Gasteiger partial charge in [-0.3, -0.25) is 14.5 Å². The van der Waals surface area contributed by atoms with Crippen LogP contribution in [0.4, 0.5) is 15.3 Å². The van der Waals surface area contributed by atoms with Crippen molar-refractivity contribution >= 4 is 35.7 Å². The second-order valence-electron chi connectivity index (χ2n) is 11.4. The number of fused-ring (bicyclic) bond motifs is 1. The summed E-state index contributed by atoms with van der Waals surface area (Å²) in [4.78, 5) is 62.5. The van der Waals surface area contributed by atoms with Crippen LogP contribution in [0.3, 0.4) is 0 Å². The summed E-state index contributed by atoms with van der Waals surface area (Å²) in [5.74, 6) is -2.29. The zero-order valence-electron chi connectivity index (χ0n) is 23.5. The van der Waals surface area contributed by atoms with Crippen LogP contribution < -0.4 is 20.9 Å². The van der Waals surface area contributed by atoms with E-state index in [4.69, 9.17) is 9.47 Å². The smallest absolute Gasteiger partial charge is 0.414 e. The molecule has 2 aliphatic rings. The number of para-hydroxylation sites is 1. The van der Waals surface area contributed by atoms with E-state index < -0.39 is 47.7 Å². The first-order valence-corrected chi connectivity index (χ1v) is 13.7. The molecular weight excluding hydrogens is 520 g/mol. The molecule has 1 aromatic rings. The van der Waals surface area contributed by atoms with Crippen molar-refractivity contribution in [2.75, 3.05) is 24.5 Å². The van der Waals surface area contributed by atoms with E-state index in [0.29, 0.717) is 43.6 Å². The van der Waals surface area contributed by atoms with Crippen molar-refractivity contribution in [3.8, 4) is 0 Å². The van der Waals surface area contributed by atoms with Gasteiger partial charge >= 0.3 is 18.2 Å². The van der Waals surface area contributed by atoms with Gasteiger partial charge in [-0.05, 0) is 52.0 Å². The lowest BCUT2D eigenvalue weighted by Gasteiger charge is -2.35. The Balaban J connectivity index is 1.44. The fraction of sp³-hybridized carbons (Fsp3) is 0.607. The first-order chi connectivity index (χ1) is 18.8. The minimum Gasteiger partial charge on any atom is -0.480 e. The van der Waals surface area contributed by atoms with Gasteiger partial charge in [0.25, 0.3) is 0 Å². The van der Waals surface area contributed by atoms with E-state index in [1.165, 1.54) is 0 Å². The predicted octanol–water partition coefficient (Wildman–Crippen LogP) is 3.11. The Bertz CT molecular complexity index is 1100. The number of carbonyl (C=O) groups excluding carboxylic acids is 4. The van der Waals surface area contributed by atoms with Crippen molar-refractivity contribution in [1.29, 1.82) is 0 Å². The Labute approximate surface area is 234 Å². The number of alkyl carbamates (subject to hydrolysis) is 1. The number of carboxylic acids is 1. The molecule has 2 unspecified atom stereocenters. The van der Waals surface area contributed by atoms with Crippen molar-refractivity contribution < 1.29 is 38.6 Å². The first kappa shape index (κ1) is 30.7. The highest BCUT2D eigenvalue weighted by molar-refractivity contribution is 5.90. The molecule has 4 N–H and O–H groups in total. The van der Waals surface area contributed by atoms with Crippen LogP contribution in [-0.2, 0) is 23.9 Å². The number of carboxylic acid groups (broad SMARTS) is 1. The molecule has 4 atom stereocenters. The highest BCUT2D eigenvalue weighted by Crippen LogP contribution is 2.36. The van der Waals surface area contributed by atoms with E-state index in [1.54, 1.807) is 37.8 Å². The Morgan fingerprint density at radius 2 is 1.90 bits per heavy atom. The largest absolute Gasteiger partial charge is 0.480 e. The number of rotatable bonds is 10. The normalized spacial score (nSPS) is 20.0. The molecule has 4 amide bonds. The van der Waals surface area contributed by atoms with E-state index in [1.807, 2.05) is 19.1 Å². The minimum absolute atomic E-state index is 0.0513. The molecule has 1 saturated heterocycles. The Kier molecular flexibility index (Phi) is 10.4. The maximum absolute atomic E-state index is 12.7. The molecule has 3 rings (SSSR count). The van der Waals surface area contributed by atoms with Crippen molar-refractivity contribution in [2.24, 2.45) is 11.8 Å². The van der Waals surface area contributed by atoms with Crippen molar-refractivity contribution in [3.05, 3.63) is 29.8 Å². The number of amides is 4. The molecule has 40 heavy (non-hydrogen) atoms. The van der Waals surface area contributed by atoms with Gasteiger partial charge in [0.15, 0.2) is 0 Å². The maximum Gasteiger partial charge on any atom is 0.414 e. The zero-order chi connectivity index (χ0) is 29.4. The second kappa shape index (κ2) is 13.5. The van der Waals surface area contributed by atoms with Gasteiger partial charge in [-0.2, -0.15) is 0 Å². The van der Waals surface area contributed by atoms with Crippen LogP contribution in [0.1, 0.15) is 71.5 Å². The quantitative estimate of drug-likeness (QED) is 0.339. The maximum atomic E-state index is 12.7. The third-order valence-corrected chi connectivity index (χ3v) is 6.83. The molecule has 2 heterocycles. The molecule has 0 spiro atoms. The zero-order valence-corrected chi connectivity index (χ0v) is 23.5. The molecule has 12 nitrogen and oxygen atoms in total. The lowest BCUT2D eigenvalue weighted by molar-refractivity contribution is -0.142. The second-order valence-corrected chi connectivity index (χ2v) is 11.4. The predicted molar refractivity (Wildman–Crippen MR) is 146 cm³/mol. The standard InChI is InChI=1S/C28H40N4O8/c1-17(9-10-23(33)31-20(25(35)36)15-18-11-13-29-24(18)34)16-30-26(37)39-22-12-14-32(27(38)40-28(2,3)4)21-8-6-5-7-19(21)22/h5-8,17-18,20,22H,9-16H2,1-4H3,(H,29,34)(H,30,37)(H,31,33)(H,35,36)/t17?,18-,20-,22?/m0/s1. The molecule has 12 heteroatoms.